The minimum Gasteiger partial charge on any atom is -0.497 e. The third-order valence-corrected chi connectivity index (χ3v) is 6.01. The van der Waals surface area contributed by atoms with Crippen LogP contribution in [0.2, 0.25) is 0 Å². The first-order valence-electron chi connectivity index (χ1n) is 11.0. The summed E-state index contributed by atoms with van der Waals surface area (Å²) in [6, 6.07) is 22.8. The second-order valence-corrected chi connectivity index (χ2v) is 8.29. The lowest BCUT2D eigenvalue weighted by atomic mass is 10.1. The molecule has 8 heteroatoms. The van der Waals surface area contributed by atoms with Crippen molar-refractivity contribution in [1.82, 2.24) is 9.88 Å². The lowest BCUT2D eigenvalue weighted by molar-refractivity contribution is 0.377. The van der Waals surface area contributed by atoms with Gasteiger partial charge in [0.05, 0.1) is 33.4 Å². The molecule has 2 N–H and O–H groups in total. The summed E-state index contributed by atoms with van der Waals surface area (Å²) < 4.78 is 16.1. The van der Waals surface area contributed by atoms with Gasteiger partial charge >= 0.3 is 0 Å². The van der Waals surface area contributed by atoms with Gasteiger partial charge in [0.15, 0.2) is 5.11 Å². The zero-order valence-electron chi connectivity index (χ0n) is 19.8. The van der Waals surface area contributed by atoms with Gasteiger partial charge in [0.1, 0.15) is 17.2 Å². The van der Waals surface area contributed by atoms with Crippen LogP contribution >= 0.6 is 12.2 Å². The van der Waals surface area contributed by atoms with Crippen molar-refractivity contribution in [2.75, 3.05) is 26.6 Å². The Morgan fingerprint density at radius 2 is 1.60 bits per heavy atom. The summed E-state index contributed by atoms with van der Waals surface area (Å²) in [6.45, 7) is 0.741. The molecule has 1 aromatic heterocycles. The maximum atomic E-state index is 13.0. The van der Waals surface area contributed by atoms with Gasteiger partial charge in [-0.15, -0.1) is 0 Å². The highest BCUT2D eigenvalue weighted by Crippen LogP contribution is 2.23. The van der Waals surface area contributed by atoms with Crippen LogP contribution in [0.3, 0.4) is 0 Å². The Morgan fingerprint density at radius 3 is 2.37 bits per heavy atom. The molecule has 0 unspecified atom stereocenters. The second kappa shape index (κ2) is 10.9. The number of hydrogen-bond donors (Lipinski definition) is 2. The first-order valence-corrected chi connectivity index (χ1v) is 11.4. The van der Waals surface area contributed by atoms with E-state index in [1.807, 2.05) is 77.7 Å². The maximum Gasteiger partial charge on any atom is 0.253 e. The number of thiocarbonyl (C=S) groups is 1. The first kappa shape index (κ1) is 24.1. The monoisotopic (exact) mass is 489 g/mol. The summed E-state index contributed by atoms with van der Waals surface area (Å²) >= 11 is 5.79. The molecule has 4 aromatic rings. The van der Waals surface area contributed by atoms with E-state index in [0.717, 1.165) is 28.1 Å². The number of aromatic amines is 1. The topological polar surface area (TPSA) is 75.8 Å². The molecule has 180 valence electrons. The first-order chi connectivity index (χ1) is 17.0. The van der Waals surface area contributed by atoms with Gasteiger partial charge in [-0.3, -0.25) is 4.79 Å². The zero-order chi connectivity index (χ0) is 24.8. The molecule has 0 aliphatic heterocycles. The van der Waals surface area contributed by atoms with Crippen LogP contribution in [-0.4, -0.2) is 36.3 Å². The smallest absolute Gasteiger partial charge is 0.253 e. The molecule has 35 heavy (non-hydrogen) atoms. The van der Waals surface area contributed by atoms with Gasteiger partial charge in [0.2, 0.25) is 0 Å². The molecule has 0 bridgehead atoms. The van der Waals surface area contributed by atoms with Gasteiger partial charge in [-0.05, 0) is 54.0 Å². The molecule has 0 radical (unpaired) electrons. The molecule has 0 saturated carbocycles. The van der Waals surface area contributed by atoms with E-state index in [1.165, 1.54) is 0 Å². The van der Waals surface area contributed by atoms with Crippen molar-refractivity contribution >= 4 is 33.9 Å². The summed E-state index contributed by atoms with van der Waals surface area (Å²) in [6.07, 6.45) is 0. The number of anilines is 1. The quantitative estimate of drug-likeness (QED) is 0.339. The normalized spacial score (nSPS) is 10.6. The van der Waals surface area contributed by atoms with Crippen molar-refractivity contribution in [2.24, 2.45) is 0 Å². The fraction of sp³-hybridized carbons (Fsp3) is 0.185. The van der Waals surface area contributed by atoms with Gasteiger partial charge in [-0.2, -0.15) is 0 Å². The molecule has 0 amide bonds. The van der Waals surface area contributed by atoms with Crippen LogP contribution in [0.15, 0.2) is 77.6 Å². The molecule has 7 nitrogen and oxygen atoms in total. The van der Waals surface area contributed by atoms with Gasteiger partial charge in [0.25, 0.3) is 5.56 Å². The molecule has 0 fully saturated rings. The van der Waals surface area contributed by atoms with Crippen LogP contribution in [0.25, 0.3) is 10.9 Å². The van der Waals surface area contributed by atoms with Gasteiger partial charge < -0.3 is 29.4 Å². The lowest BCUT2D eigenvalue weighted by Gasteiger charge is -2.27. The lowest BCUT2D eigenvalue weighted by Crippen LogP contribution is -2.35. The SMILES string of the molecule is COc1cccc(NC(=S)N(Cc2ccccc2OC)Cc2cc3ccc(OC)cc3[nH]c2=O)c1. The van der Waals surface area contributed by atoms with E-state index in [9.17, 15) is 4.79 Å². The van der Waals surface area contributed by atoms with E-state index in [1.54, 1.807) is 21.3 Å². The third kappa shape index (κ3) is 5.73. The van der Waals surface area contributed by atoms with E-state index in [2.05, 4.69) is 10.3 Å². The maximum absolute atomic E-state index is 13.0. The minimum atomic E-state index is -0.181. The largest absolute Gasteiger partial charge is 0.497 e. The number of nitrogens with one attached hydrogen (secondary N) is 2. The number of aromatic nitrogens is 1. The van der Waals surface area contributed by atoms with Crippen LogP contribution in [0.5, 0.6) is 17.2 Å². The molecule has 0 spiro atoms. The number of pyridine rings is 1. The summed E-state index contributed by atoms with van der Waals surface area (Å²) in [5.74, 6) is 2.15. The number of ether oxygens (including phenoxy) is 3. The van der Waals surface area contributed by atoms with Gasteiger partial charge in [-0.1, -0.05) is 24.3 Å². The molecular weight excluding hydrogens is 462 g/mol. The predicted octanol–water partition coefficient (Wildman–Crippen LogP) is 4.95. The number of para-hydroxylation sites is 1. The number of fused-ring (bicyclic) bond motifs is 1. The number of methoxy groups -OCH3 is 3. The van der Waals surface area contributed by atoms with Crippen molar-refractivity contribution in [1.29, 1.82) is 0 Å². The summed E-state index contributed by atoms with van der Waals surface area (Å²) in [5.41, 5.74) is 2.87. The van der Waals surface area contributed by atoms with Crippen molar-refractivity contribution < 1.29 is 14.2 Å². The molecule has 4 rings (SSSR count). The molecule has 0 atom stereocenters. The molecule has 0 aliphatic rings. The van der Waals surface area contributed by atoms with Gasteiger partial charge in [0, 0.05) is 35.5 Å². The van der Waals surface area contributed by atoms with Crippen LogP contribution in [0, 0.1) is 0 Å². The van der Waals surface area contributed by atoms with Gasteiger partial charge in [-0.25, -0.2) is 0 Å². The summed E-state index contributed by atoms with van der Waals surface area (Å²) in [5, 5.41) is 4.65. The summed E-state index contributed by atoms with van der Waals surface area (Å²) in [7, 11) is 4.85. The van der Waals surface area contributed by atoms with E-state index >= 15 is 0 Å². The van der Waals surface area contributed by atoms with E-state index in [-0.39, 0.29) is 5.56 Å². The van der Waals surface area contributed by atoms with Crippen LogP contribution in [-0.2, 0) is 13.1 Å². The Hall–Kier alpha value is -4.04. The average molecular weight is 490 g/mol. The number of rotatable bonds is 8. The molecule has 3 aromatic carbocycles. The van der Waals surface area contributed by atoms with Crippen molar-refractivity contribution in [3.05, 3.63) is 94.3 Å². The minimum absolute atomic E-state index is 0.181. The summed E-state index contributed by atoms with van der Waals surface area (Å²) in [4.78, 5) is 17.9. The Kier molecular flexibility index (Phi) is 7.52. The van der Waals surface area contributed by atoms with E-state index < -0.39 is 0 Å². The molecule has 0 saturated heterocycles. The number of nitrogens with zero attached hydrogens (tertiary/aromatic N) is 1. The fourth-order valence-electron chi connectivity index (χ4n) is 3.82. The highest BCUT2D eigenvalue weighted by Gasteiger charge is 2.17. The standard InChI is InChI=1S/C27H27N3O4S/c1-32-22-9-6-8-21(14-22)28-27(35)30(16-19-7-4-5-10-25(19)34-3)17-20-13-18-11-12-23(33-2)15-24(18)29-26(20)31/h4-15H,16-17H2,1-3H3,(H,28,35)(H,29,31). The molecule has 0 aliphatic carbocycles. The Morgan fingerprint density at radius 1 is 0.857 bits per heavy atom. The molecule has 1 heterocycles. The second-order valence-electron chi connectivity index (χ2n) is 7.91. The van der Waals surface area contributed by atoms with Crippen molar-refractivity contribution in [2.45, 2.75) is 13.1 Å². The van der Waals surface area contributed by atoms with E-state index in [0.29, 0.717) is 35.0 Å². The van der Waals surface area contributed by atoms with Crippen molar-refractivity contribution in [3.8, 4) is 17.2 Å². The predicted molar refractivity (Wildman–Crippen MR) is 143 cm³/mol. The number of H-pyrrole nitrogens is 1. The Bertz CT molecular complexity index is 1400. The van der Waals surface area contributed by atoms with Crippen molar-refractivity contribution in [3.63, 3.8) is 0 Å². The Balaban J connectivity index is 1.67. The zero-order valence-corrected chi connectivity index (χ0v) is 20.6. The van der Waals surface area contributed by atoms with Crippen LogP contribution in [0.1, 0.15) is 11.1 Å². The highest BCUT2D eigenvalue weighted by atomic mass is 32.1. The average Bonchev–Trinajstić information content (AvgIpc) is 2.88. The number of benzene rings is 3. The van der Waals surface area contributed by atoms with Crippen LogP contribution in [0.4, 0.5) is 5.69 Å². The van der Waals surface area contributed by atoms with Crippen LogP contribution < -0.4 is 25.1 Å². The molecular formula is C27H27N3O4S. The fourth-order valence-corrected chi connectivity index (χ4v) is 4.06. The Labute approximate surface area is 209 Å². The third-order valence-electron chi connectivity index (χ3n) is 5.65. The van der Waals surface area contributed by atoms with E-state index in [4.69, 9.17) is 26.4 Å². The highest BCUT2D eigenvalue weighted by molar-refractivity contribution is 7.80. The number of hydrogen-bond acceptors (Lipinski definition) is 5.